The highest BCUT2D eigenvalue weighted by Crippen LogP contribution is 2.54. The number of benzene rings is 2. The zero-order valence-corrected chi connectivity index (χ0v) is 15.0. The highest BCUT2D eigenvalue weighted by molar-refractivity contribution is 5.76. The fourth-order valence-corrected chi connectivity index (χ4v) is 3.53. The Kier molecular flexibility index (Phi) is 5.25. The molecule has 2 unspecified atom stereocenters. The van der Waals surface area contributed by atoms with E-state index in [9.17, 15) is 13.6 Å². The fourth-order valence-electron chi connectivity index (χ4n) is 3.53. The molecule has 1 amide bonds. The van der Waals surface area contributed by atoms with Gasteiger partial charge in [0.15, 0.2) is 0 Å². The summed E-state index contributed by atoms with van der Waals surface area (Å²) in [5, 5.41) is 2.92. The third-order valence-corrected chi connectivity index (χ3v) is 5.30. The third-order valence-electron chi connectivity index (χ3n) is 5.30. The van der Waals surface area contributed by atoms with E-state index in [2.05, 4.69) is 5.32 Å². The first-order chi connectivity index (χ1) is 12.4. The van der Waals surface area contributed by atoms with E-state index in [1.54, 1.807) is 7.11 Å². The molecule has 0 aromatic heterocycles. The van der Waals surface area contributed by atoms with Crippen LogP contribution in [0.25, 0.3) is 0 Å². The number of carbonyl (C=O) groups excluding carboxylic acids is 1. The molecule has 0 radical (unpaired) electrons. The molecule has 2 atom stereocenters. The molecule has 1 aliphatic rings. The van der Waals surface area contributed by atoms with Crippen molar-refractivity contribution < 1.29 is 18.3 Å². The molecule has 2 aromatic rings. The third kappa shape index (κ3) is 3.87. The molecule has 1 aliphatic carbocycles. The summed E-state index contributed by atoms with van der Waals surface area (Å²) in [7, 11) is 1.61. The zero-order chi connectivity index (χ0) is 18.7. The minimum atomic E-state index is -0.586. The van der Waals surface area contributed by atoms with Gasteiger partial charge in [-0.25, -0.2) is 8.78 Å². The maximum absolute atomic E-state index is 14.2. The second kappa shape index (κ2) is 7.44. The van der Waals surface area contributed by atoms with Crippen LogP contribution in [0.5, 0.6) is 5.75 Å². The number of methoxy groups -OCH3 is 1. The Morgan fingerprint density at radius 1 is 1.27 bits per heavy atom. The molecule has 1 N–H and O–H groups in total. The van der Waals surface area contributed by atoms with E-state index < -0.39 is 17.0 Å². The van der Waals surface area contributed by atoms with Crippen molar-refractivity contribution in [2.75, 3.05) is 13.7 Å². The first-order valence-corrected chi connectivity index (χ1v) is 8.80. The standard InChI is InChI=1S/C21H23F2NO2/c1-14-12-21(14,18-8-7-16(22)11-19(18)23)13-24-20(25)9-6-15-4-3-5-17(10-15)26-2/h3-5,7-8,10-11,14H,6,9,12-13H2,1-2H3,(H,24,25). The smallest absolute Gasteiger partial charge is 0.220 e. The average Bonchev–Trinajstić information content (AvgIpc) is 3.29. The fraction of sp³-hybridized carbons (Fsp3) is 0.381. The van der Waals surface area contributed by atoms with E-state index in [1.165, 1.54) is 12.1 Å². The van der Waals surface area contributed by atoms with Crippen molar-refractivity contribution >= 4 is 5.91 Å². The summed E-state index contributed by atoms with van der Waals surface area (Å²) in [6, 6.07) is 11.3. The Bertz CT molecular complexity index is 808. The van der Waals surface area contributed by atoms with Gasteiger partial charge in [-0.15, -0.1) is 0 Å². The first-order valence-electron chi connectivity index (χ1n) is 8.80. The van der Waals surface area contributed by atoms with Crippen LogP contribution >= 0.6 is 0 Å². The van der Waals surface area contributed by atoms with Gasteiger partial charge >= 0.3 is 0 Å². The molecule has 1 fully saturated rings. The summed E-state index contributed by atoms with van der Waals surface area (Å²) >= 11 is 0. The van der Waals surface area contributed by atoms with E-state index >= 15 is 0 Å². The summed E-state index contributed by atoms with van der Waals surface area (Å²) in [6.45, 7) is 2.39. The molecular weight excluding hydrogens is 336 g/mol. The van der Waals surface area contributed by atoms with Crippen LogP contribution in [0.15, 0.2) is 42.5 Å². The topological polar surface area (TPSA) is 38.3 Å². The lowest BCUT2D eigenvalue weighted by Gasteiger charge is -2.19. The molecule has 1 saturated carbocycles. The SMILES string of the molecule is COc1cccc(CCC(=O)NCC2(c3ccc(F)cc3F)CC2C)c1. The van der Waals surface area contributed by atoms with Crippen molar-refractivity contribution in [2.45, 2.75) is 31.6 Å². The molecule has 0 saturated heterocycles. The quantitative estimate of drug-likeness (QED) is 0.811. The number of rotatable bonds is 7. The minimum Gasteiger partial charge on any atom is -0.497 e. The molecule has 0 bridgehead atoms. The maximum Gasteiger partial charge on any atom is 0.220 e. The number of aryl methyl sites for hydroxylation is 1. The maximum atomic E-state index is 14.2. The number of hydrogen-bond donors (Lipinski definition) is 1. The molecule has 3 nitrogen and oxygen atoms in total. The van der Waals surface area contributed by atoms with Crippen LogP contribution in [0.1, 0.15) is 30.9 Å². The van der Waals surface area contributed by atoms with E-state index in [0.717, 1.165) is 23.8 Å². The summed E-state index contributed by atoms with van der Waals surface area (Å²) in [4.78, 5) is 12.2. The molecule has 5 heteroatoms. The van der Waals surface area contributed by atoms with Crippen LogP contribution in [0.3, 0.4) is 0 Å². The lowest BCUT2D eigenvalue weighted by molar-refractivity contribution is -0.121. The van der Waals surface area contributed by atoms with Crippen LogP contribution in [-0.4, -0.2) is 19.6 Å². The van der Waals surface area contributed by atoms with Crippen molar-refractivity contribution in [3.05, 3.63) is 65.2 Å². The molecule has 2 aromatic carbocycles. The van der Waals surface area contributed by atoms with Crippen LogP contribution in [0.4, 0.5) is 8.78 Å². The highest BCUT2D eigenvalue weighted by atomic mass is 19.1. The number of nitrogens with one attached hydrogen (secondary N) is 1. The Morgan fingerprint density at radius 2 is 2.04 bits per heavy atom. The highest BCUT2D eigenvalue weighted by Gasteiger charge is 2.53. The Balaban J connectivity index is 1.58. The molecular formula is C21H23F2NO2. The predicted molar refractivity (Wildman–Crippen MR) is 96.1 cm³/mol. The molecule has 138 valence electrons. The van der Waals surface area contributed by atoms with E-state index in [1.807, 2.05) is 31.2 Å². The van der Waals surface area contributed by atoms with E-state index in [0.29, 0.717) is 24.9 Å². The van der Waals surface area contributed by atoms with Gasteiger partial charge in [-0.05, 0) is 48.1 Å². The average molecular weight is 359 g/mol. The van der Waals surface area contributed by atoms with Gasteiger partial charge in [0.2, 0.25) is 5.91 Å². The van der Waals surface area contributed by atoms with Crippen molar-refractivity contribution in [3.63, 3.8) is 0 Å². The number of ether oxygens (including phenoxy) is 1. The number of amides is 1. The van der Waals surface area contributed by atoms with Crippen LogP contribution in [0.2, 0.25) is 0 Å². The summed E-state index contributed by atoms with van der Waals surface area (Å²) in [5.41, 5.74) is 1.08. The first kappa shape index (κ1) is 18.4. The summed E-state index contributed by atoms with van der Waals surface area (Å²) in [6.07, 6.45) is 1.74. The van der Waals surface area contributed by atoms with Gasteiger partial charge in [0.05, 0.1) is 7.11 Å². The molecule has 3 rings (SSSR count). The van der Waals surface area contributed by atoms with Crippen LogP contribution in [0, 0.1) is 17.6 Å². The monoisotopic (exact) mass is 359 g/mol. The van der Waals surface area contributed by atoms with E-state index in [-0.39, 0.29) is 11.8 Å². The summed E-state index contributed by atoms with van der Waals surface area (Å²) in [5.74, 6) is -0.188. The Labute approximate surface area is 152 Å². The van der Waals surface area contributed by atoms with Gasteiger partial charge in [0.1, 0.15) is 17.4 Å². The van der Waals surface area contributed by atoms with Gasteiger partial charge < -0.3 is 10.1 Å². The largest absolute Gasteiger partial charge is 0.497 e. The second-order valence-electron chi connectivity index (χ2n) is 7.01. The molecule has 0 spiro atoms. The van der Waals surface area contributed by atoms with Crippen molar-refractivity contribution in [3.8, 4) is 5.75 Å². The Morgan fingerprint density at radius 3 is 2.69 bits per heavy atom. The number of halogens is 2. The molecule has 0 heterocycles. The van der Waals surface area contributed by atoms with Gasteiger partial charge in [0, 0.05) is 24.4 Å². The van der Waals surface area contributed by atoms with Gasteiger partial charge in [-0.1, -0.05) is 25.1 Å². The number of carbonyl (C=O) groups is 1. The van der Waals surface area contributed by atoms with Gasteiger partial charge in [-0.2, -0.15) is 0 Å². The number of hydrogen-bond acceptors (Lipinski definition) is 2. The minimum absolute atomic E-state index is 0.0752. The molecule has 0 aliphatic heterocycles. The predicted octanol–water partition coefficient (Wildman–Crippen LogP) is 4.00. The summed E-state index contributed by atoms with van der Waals surface area (Å²) < 4.78 is 32.5. The van der Waals surface area contributed by atoms with Crippen molar-refractivity contribution in [1.29, 1.82) is 0 Å². The normalized spacial score (nSPS) is 21.3. The molecule has 26 heavy (non-hydrogen) atoms. The zero-order valence-electron chi connectivity index (χ0n) is 15.0. The van der Waals surface area contributed by atoms with Gasteiger partial charge in [-0.3, -0.25) is 4.79 Å². The Hall–Kier alpha value is -2.43. The van der Waals surface area contributed by atoms with Gasteiger partial charge in [0.25, 0.3) is 0 Å². The van der Waals surface area contributed by atoms with Crippen LogP contribution in [-0.2, 0) is 16.6 Å². The van der Waals surface area contributed by atoms with Crippen LogP contribution < -0.4 is 10.1 Å². The van der Waals surface area contributed by atoms with Crippen molar-refractivity contribution in [1.82, 2.24) is 5.32 Å². The lowest BCUT2D eigenvalue weighted by atomic mass is 9.92. The van der Waals surface area contributed by atoms with Crippen molar-refractivity contribution in [2.24, 2.45) is 5.92 Å². The lowest BCUT2D eigenvalue weighted by Crippen LogP contribution is -2.34. The second-order valence-corrected chi connectivity index (χ2v) is 7.01. The van der Waals surface area contributed by atoms with E-state index in [4.69, 9.17) is 4.74 Å².